The summed E-state index contributed by atoms with van der Waals surface area (Å²) in [5.74, 6) is 0. The molecule has 0 saturated carbocycles. The van der Waals surface area contributed by atoms with E-state index in [1.54, 1.807) is 0 Å². The average molecular weight is 231 g/mol. The summed E-state index contributed by atoms with van der Waals surface area (Å²) in [6.07, 6.45) is 0. The molecular formula is C9H11BrO2. The first-order valence-electron chi connectivity index (χ1n) is 3.39. The molecule has 2 nitrogen and oxygen atoms in total. The third kappa shape index (κ3) is 2.75. The predicted molar refractivity (Wildman–Crippen MR) is 51.9 cm³/mol. The molecule has 0 saturated heterocycles. The lowest BCUT2D eigenvalue weighted by atomic mass is 10.1. The first-order chi connectivity index (χ1) is 5.75. The third-order valence-corrected chi connectivity index (χ3v) is 2.58. The van der Waals surface area contributed by atoms with Crippen LogP contribution in [0.1, 0.15) is 11.1 Å². The van der Waals surface area contributed by atoms with Crippen LogP contribution in [0.4, 0.5) is 0 Å². The van der Waals surface area contributed by atoms with Crippen molar-refractivity contribution in [2.75, 3.05) is 0 Å². The van der Waals surface area contributed by atoms with Crippen molar-refractivity contribution in [2.45, 2.75) is 13.5 Å². The van der Waals surface area contributed by atoms with Crippen LogP contribution in [0.3, 0.4) is 0 Å². The van der Waals surface area contributed by atoms with Crippen molar-refractivity contribution in [3.05, 3.63) is 33.8 Å². The van der Waals surface area contributed by atoms with E-state index in [1.807, 2.05) is 31.9 Å². The van der Waals surface area contributed by atoms with Crippen LogP contribution in [-0.2, 0) is 11.4 Å². The zero-order chi connectivity index (χ0) is 9.56. The van der Waals surface area contributed by atoms with Crippen LogP contribution in [0.25, 0.3) is 0 Å². The molecule has 0 aliphatic heterocycles. The number of carbonyl (C=O) groups is 1. The highest BCUT2D eigenvalue weighted by atomic mass is 79.9. The van der Waals surface area contributed by atoms with Crippen molar-refractivity contribution in [3.8, 4) is 0 Å². The molecule has 0 spiro atoms. The second-order valence-electron chi connectivity index (χ2n) is 2.21. The Morgan fingerprint density at radius 3 is 2.50 bits per heavy atom. The van der Waals surface area contributed by atoms with E-state index in [0.29, 0.717) is 0 Å². The Hall–Kier alpha value is -0.670. The molecule has 0 aliphatic rings. The lowest BCUT2D eigenvalue weighted by Gasteiger charge is -2.01. The minimum absolute atomic E-state index is 0.0995. The largest absolute Gasteiger partial charge is 0.392 e. The van der Waals surface area contributed by atoms with Crippen molar-refractivity contribution in [2.24, 2.45) is 0 Å². The van der Waals surface area contributed by atoms with E-state index in [9.17, 15) is 0 Å². The highest BCUT2D eigenvalue weighted by molar-refractivity contribution is 9.10. The summed E-state index contributed by atoms with van der Waals surface area (Å²) in [5.41, 5.74) is 2.10. The second-order valence-corrected chi connectivity index (χ2v) is 3.00. The van der Waals surface area contributed by atoms with Gasteiger partial charge in [-0.1, -0.05) is 34.1 Å². The van der Waals surface area contributed by atoms with Gasteiger partial charge in [0.1, 0.15) is 6.79 Å². The Morgan fingerprint density at radius 1 is 1.50 bits per heavy atom. The summed E-state index contributed by atoms with van der Waals surface area (Å²) in [5, 5.41) is 8.81. The number of benzene rings is 1. The fourth-order valence-electron chi connectivity index (χ4n) is 0.830. The fraction of sp³-hybridized carbons (Fsp3) is 0.222. The molecule has 1 aromatic rings. The van der Waals surface area contributed by atoms with E-state index < -0.39 is 0 Å². The maximum Gasteiger partial charge on any atom is 0.106 e. The van der Waals surface area contributed by atoms with Crippen LogP contribution in [0, 0.1) is 6.92 Å². The molecular weight excluding hydrogens is 220 g/mol. The van der Waals surface area contributed by atoms with Crippen LogP contribution < -0.4 is 0 Å². The van der Waals surface area contributed by atoms with Crippen LogP contribution >= 0.6 is 15.9 Å². The van der Waals surface area contributed by atoms with Gasteiger partial charge >= 0.3 is 0 Å². The summed E-state index contributed by atoms with van der Waals surface area (Å²) >= 11 is 3.38. The lowest BCUT2D eigenvalue weighted by molar-refractivity contribution is -0.0979. The van der Waals surface area contributed by atoms with E-state index in [1.165, 1.54) is 0 Å². The van der Waals surface area contributed by atoms with E-state index >= 15 is 0 Å². The monoisotopic (exact) mass is 230 g/mol. The van der Waals surface area contributed by atoms with Gasteiger partial charge < -0.3 is 9.90 Å². The maximum atomic E-state index is 8.81. The molecule has 0 radical (unpaired) electrons. The first-order valence-corrected chi connectivity index (χ1v) is 4.18. The topological polar surface area (TPSA) is 37.3 Å². The number of rotatable bonds is 1. The number of hydrogen-bond acceptors (Lipinski definition) is 2. The van der Waals surface area contributed by atoms with Gasteiger partial charge in [-0.15, -0.1) is 0 Å². The molecule has 66 valence electrons. The molecule has 0 atom stereocenters. The molecule has 0 fully saturated rings. The highest BCUT2D eigenvalue weighted by Gasteiger charge is 1.98. The Labute approximate surface area is 80.4 Å². The van der Waals surface area contributed by atoms with Crippen LogP contribution in [-0.4, -0.2) is 11.9 Å². The Morgan fingerprint density at radius 2 is 2.08 bits per heavy atom. The molecule has 0 bridgehead atoms. The standard InChI is InChI=1S/C8H9BrO.CH2O/c1-6-3-2-4-7(5-10)8(6)9;1-2/h2-4,10H,5H2,1H3;1H2. The normalized spacial score (nSPS) is 8.58. The minimum atomic E-state index is 0.0995. The highest BCUT2D eigenvalue weighted by Crippen LogP contribution is 2.20. The van der Waals surface area contributed by atoms with Gasteiger partial charge in [-0.25, -0.2) is 0 Å². The van der Waals surface area contributed by atoms with Gasteiger partial charge in [0, 0.05) is 4.47 Å². The molecule has 12 heavy (non-hydrogen) atoms. The quantitative estimate of drug-likeness (QED) is 0.803. The van der Waals surface area contributed by atoms with Crippen molar-refractivity contribution >= 4 is 22.7 Å². The van der Waals surface area contributed by atoms with Gasteiger partial charge in [-0.3, -0.25) is 0 Å². The lowest BCUT2D eigenvalue weighted by Crippen LogP contribution is -1.86. The smallest absolute Gasteiger partial charge is 0.106 e. The molecule has 0 heterocycles. The van der Waals surface area contributed by atoms with E-state index in [2.05, 4.69) is 15.9 Å². The Balaban J connectivity index is 0.000000561. The van der Waals surface area contributed by atoms with Gasteiger partial charge in [-0.2, -0.15) is 0 Å². The van der Waals surface area contributed by atoms with Gasteiger partial charge in [0.15, 0.2) is 0 Å². The first kappa shape index (κ1) is 11.3. The Bertz CT molecular complexity index is 248. The van der Waals surface area contributed by atoms with E-state index in [4.69, 9.17) is 9.90 Å². The number of aliphatic hydroxyl groups is 1. The molecule has 1 N–H and O–H groups in total. The van der Waals surface area contributed by atoms with Gasteiger partial charge in [0.2, 0.25) is 0 Å². The zero-order valence-electron chi connectivity index (χ0n) is 6.88. The molecule has 1 aromatic carbocycles. The molecule has 3 heteroatoms. The molecule has 0 unspecified atom stereocenters. The SMILES string of the molecule is C=O.Cc1cccc(CO)c1Br. The average Bonchev–Trinajstić information content (AvgIpc) is 2.13. The molecule has 0 amide bonds. The Kier molecular flexibility index (Phi) is 5.58. The number of carbonyl (C=O) groups excluding carboxylic acids is 1. The summed E-state index contributed by atoms with van der Waals surface area (Å²) in [4.78, 5) is 8.00. The van der Waals surface area contributed by atoms with Crippen molar-refractivity contribution < 1.29 is 9.90 Å². The minimum Gasteiger partial charge on any atom is -0.392 e. The van der Waals surface area contributed by atoms with Gasteiger partial charge in [0.05, 0.1) is 6.61 Å². The van der Waals surface area contributed by atoms with Crippen molar-refractivity contribution in [1.82, 2.24) is 0 Å². The summed E-state index contributed by atoms with van der Waals surface area (Å²) in [6.45, 7) is 4.10. The van der Waals surface area contributed by atoms with Crippen molar-refractivity contribution in [1.29, 1.82) is 0 Å². The van der Waals surface area contributed by atoms with Crippen LogP contribution in [0.15, 0.2) is 22.7 Å². The van der Waals surface area contributed by atoms with Crippen molar-refractivity contribution in [3.63, 3.8) is 0 Å². The van der Waals surface area contributed by atoms with Crippen LogP contribution in [0.5, 0.6) is 0 Å². The zero-order valence-corrected chi connectivity index (χ0v) is 8.47. The predicted octanol–water partition coefficient (Wildman–Crippen LogP) is 2.06. The second kappa shape index (κ2) is 5.91. The van der Waals surface area contributed by atoms with Gasteiger partial charge in [-0.05, 0) is 18.1 Å². The molecule has 0 aromatic heterocycles. The van der Waals surface area contributed by atoms with E-state index in [-0.39, 0.29) is 6.61 Å². The summed E-state index contributed by atoms with van der Waals surface area (Å²) < 4.78 is 1.01. The van der Waals surface area contributed by atoms with Crippen LogP contribution in [0.2, 0.25) is 0 Å². The fourth-order valence-corrected chi connectivity index (χ4v) is 1.22. The number of hydrogen-bond donors (Lipinski definition) is 1. The summed E-state index contributed by atoms with van der Waals surface area (Å²) in [6, 6.07) is 5.84. The number of aliphatic hydroxyl groups excluding tert-OH is 1. The summed E-state index contributed by atoms with van der Waals surface area (Å²) in [7, 11) is 0. The number of aryl methyl sites for hydroxylation is 1. The third-order valence-electron chi connectivity index (χ3n) is 1.44. The van der Waals surface area contributed by atoms with Gasteiger partial charge in [0.25, 0.3) is 0 Å². The maximum absolute atomic E-state index is 8.81. The molecule has 1 rings (SSSR count). The molecule has 0 aliphatic carbocycles. The number of halogens is 1. The van der Waals surface area contributed by atoms with E-state index in [0.717, 1.165) is 15.6 Å².